The minimum Gasteiger partial charge on any atom is -0.481 e. The number of hydrogen-bond acceptors (Lipinski definition) is 6. The Bertz CT molecular complexity index is 748. The fourth-order valence-electron chi connectivity index (χ4n) is 1.39. The van der Waals surface area contributed by atoms with Crippen molar-refractivity contribution in [3.05, 3.63) is 33.3 Å². The van der Waals surface area contributed by atoms with Crippen molar-refractivity contribution in [2.75, 3.05) is 0 Å². The van der Waals surface area contributed by atoms with E-state index in [1.54, 1.807) is 6.92 Å². The van der Waals surface area contributed by atoms with E-state index in [4.69, 9.17) is 31.5 Å². The summed E-state index contributed by atoms with van der Waals surface area (Å²) < 4.78 is 33.7. The van der Waals surface area contributed by atoms with Gasteiger partial charge >= 0.3 is 0 Å². The van der Waals surface area contributed by atoms with Gasteiger partial charge in [0, 0.05) is 15.2 Å². The van der Waals surface area contributed by atoms with Crippen molar-refractivity contribution in [3.63, 3.8) is 0 Å². The van der Waals surface area contributed by atoms with Crippen molar-refractivity contribution in [1.82, 2.24) is 10.1 Å². The van der Waals surface area contributed by atoms with Gasteiger partial charge in [-0.05, 0) is 19.1 Å². The Hall–Kier alpha value is -0.830. The van der Waals surface area contributed by atoms with E-state index in [0.717, 1.165) is 0 Å². The molecule has 20 heavy (non-hydrogen) atoms. The van der Waals surface area contributed by atoms with E-state index in [-0.39, 0.29) is 28.2 Å². The van der Waals surface area contributed by atoms with E-state index in [1.165, 1.54) is 12.1 Å². The molecule has 6 nitrogen and oxygen atoms in total. The Kier molecular flexibility index (Phi) is 4.58. The maximum atomic E-state index is 11.5. The molecule has 0 aliphatic rings. The standard InChI is InChI=1S/C10H7BrCl2N2O4S/c1-5-14-9(19-15-5)4-18-10-7(12)2-6(11)3-8(10)20(13,16)17/h2-3H,4H2,1H3. The van der Waals surface area contributed by atoms with E-state index >= 15 is 0 Å². The molecular weight excluding hydrogens is 395 g/mol. The van der Waals surface area contributed by atoms with Gasteiger partial charge in [0.1, 0.15) is 4.90 Å². The van der Waals surface area contributed by atoms with Gasteiger partial charge in [-0.15, -0.1) is 0 Å². The predicted octanol–water partition coefficient (Wildman–Crippen LogP) is 3.30. The molecule has 0 spiro atoms. The number of aromatic nitrogens is 2. The van der Waals surface area contributed by atoms with E-state index < -0.39 is 9.05 Å². The van der Waals surface area contributed by atoms with Crippen molar-refractivity contribution >= 4 is 47.3 Å². The van der Waals surface area contributed by atoms with Gasteiger partial charge < -0.3 is 9.26 Å². The van der Waals surface area contributed by atoms with Crippen LogP contribution in [0.3, 0.4) is 0 Å². The molecule has 0 saturated heterocycles. The molecule has 0 bridgehead atoms. The zero-order chi connectivity index (χ0) is 14.9. The van der Waals surface area contributed by atoms with E-state index in [1.807, 2.05) is 0 Å². The third kappa shape index (κ3) is 3.63. The summed E-state index contributed by atoms with van der Waals surface area (Å²) in [6.45, 7) is 1.52. The monoisotopic (exact) mass is 400 g/mol. The number of hydrogen-bond donors (Lipinski definition) is 0. The zero-order valence-electron chi connectivity index (χ0n) is 9.93. The Morgan fingerprint density at radius 1 is 1.45 bits per heavy atom. The molecule has 0 amide bonds. The lowest BCUT2D eigenvalue weighted by Gasteiger charge is -2.10. The second-order valence-corrected chi connectivity index (χ2v) is 7.53. The molecule has 1 aromatic heterocycles. The first-order valence-corrected chi connectivity index (χ1v) is 8.61. The maximum Gasteiger partial charge on any atom is 0.265 e. The molecule has 2 rings (SSSR count). The van der Waals surface area contributed by atoms with E-state index in [0.29, 0.717) is 10.3 Å². The molecule has 1 heterocycles. The zero-order valence-corrected chi connectivity index (χ0v) is 13.8. The third-order valence-electron chi connectivity index (χ3n) is 2.15. The quantitative estimate of drug-likeness (QED) is 0.731. The van der Waals surface area contributed by atoms with E-state index in [2.05, 4.69) is 26.1 Å². The molecule has 1 aromatic carbocycles. The van der Waals surface area contributed by atoms with Crippen molar-refractivity contribution in [2.24, 2.45) is 0 Å². The lowest BCUT2D eigenvalue weighted by molar-refractivity contribution is 0.238. The van der Waals surface area contributed by atoms with Crippen molar-refractivity contribution in [3.8, 4) is 5.75 Å². The number of ether oxygens (including phenoxy) is 1. The average molecular weight is 402 g/mol. The Balaban J connectivity index is 2.35. The maximum absolute atomic E-state index is 11.5. The average Bonchev–Trinajstić information content (AvgIpc) is 2.72. The van der Waals surface area contributed by atoms with Crippen LogP contribution in [0.4, 0.5) is 0 Å². The number of nitrogens with zero attached hydrogens (tertiary/aromatic N) is 2. The minimum atomic E-state index is -4.01. The fourth-order valence-corrected chi connectivity index (χ4v) is 3.46. The topological polar surface area (TPSA) is 82.3 Å². The first-order valence-electron chi connectivity index (χ1n) is 5.13. The fraction of sp³-hybridized carbons (Fsp3) is 0.200. The highest BCUT2D eigenvalue weighted by Crippen LogP contribution is 2.37. The van der Waals surface area contributed by atoms with Gasteiger partial charge in [0.05, 0.1) is 5.02 Å². The number of benzene rings is 1. The van der Waals surface area contributed by atoms with Crippen LogP contribution in [0.15, 0.2) is 26.0 Å². The molecule has 0 unspecified atom stereocenters. The molecule has 0 saturated carbocycles. The van der Waals surface area contributed by atoms with Crippen LogP contribution in [-0.4, -0.2) is 18.6 Å². The number of rotatable bonds is 4. The van der Waals surface area contributed by atoms with Crippen LogP contribution in [-0.2, 0) is 15.7 Å². The van der Waals surface area contributed by atoms with Gasteiger partial charge in [-0.3, -0.25) is 0 Å². The lowest BCUT2D eigenvalue weighted by atomic mass is 10.3. The molecule has 108 valence electrons. The van der Waals surface area contributed by atoms with Crippen molar-refractivity contribution in [1.29, 1.82) is 0 Å². The van der Waals surface area contributed by atoms with Gasteiger partial charge in [-0.2, -0.15) is 4.98 Å². The summed E-state index contributed by atoms with van der Waals surface area (Å²) in [5, 5.41) is 3.68. The highest BCUT2D eigenvalue weighted by molar-refractivity contribution is 9.10. The summed E-state index contributed by atoms with van der Waals surface area (Å²) in [6, 6.07) is 2.78. The van der Waals surface area contributed by atoms with Crippen LogP contribution in [0, 0.1) is 6.92 Å². The molecular formula is C10H7BrCl2N2O4S. The Morgan fingerprint density at radius 2 is 2.15 bits per heavy atom. The van der Waals surface area contributed by atoms with Crippen LogP contribution in [0.25, 0.3) is 0 Å². The summed E-state index contributed by atoms with van der Waals surface area (Å²) in [7, 11) is 1.34. The van der Waals surface area contributed by atoms with Crippen LogP contribution in [0.1, 0.15) is 11.7 Å². The summed E-state index contributed by atoms with van der Waals surface area (Å²) in [5.74, 6) is 0.566. The highest BCUT2D eigenvalue weighted by Gasteiger charge is 2.21. The predicted molar refractivity (Wildman–Crippen MR) is 75.6 cm³/mol. The molecule has 0 fully saturated rings. The van der Waals surface area contributed by atoms with Crippen molar-refractivity contribution in [2.45, 2.75) is 18.4 Å². The van der Waals surface area contributed by atoms with Crippen LogP contribution >= 0.6 is 38.2 Å². The molecule has 0 aliphatic carbocycles. The smallest absolute Gasteiger partial charge is 0.265 e. The van der Waals surface area contributed by atoms with Gasteiger partial charge in [0.2, 0.25) is 0 Å². The second-order valence-electron chi connectivity index (χ2n) is 3.68. The van der Waals surface area contributed by atoms with Crippen LogP contribution in [0.2, 0.25) is 5.02 Å². The molecule has 0 radical (unpaired) electrons. The Labute approximate surface area is 132 Å². The minimum absolute atomic E-state index is 0.0688. The molecule has 0 N–H and O–H groups in total. The second kappa shape index (κ2) is 5.88. The summed E-state index contributed by atoms with van der Waals surface area (Å²) >= 11 is 9.10. The molecule has 2 aromatic rings. The SMILES string of the molecule is Cc1noc(COc2c(Cl)cc(Br)cc2S(=O)(=O)Cl)n1. The summed E-state index contributed by atoms with van der Waals surface area (Å²) in [5.41, 5.74) is 0. The first-order chi connectivity index (χ1) is 9.27. The molecule has 10 heteroatoms. The lowest BCUT2D eigenvalue weighted by Crippen LogP contribution is -2.02. The number of aryl methyl sites for hydroxylation is 1. The first kappa shape index (κ1) is 15.6. The Morgan fingerprint density at radius 3 is 2.70 bits per heavy atom. The van der Waals surface area contributed by atoms with Gasteiger partial charge in [0.15, 0.2) is 18.2 Å². The van der Waals surface area contributed by atoms with Crippen LogP contribution in [0.5, 0.6) is 5.75 Å². The highest BCUT2D eigenvalue weighted by atomic mass is 79.9. The molecule has 0 aliphatic heterocycles. The van der Waals surface area contributed by atoms with Gasteiger partial charge in [-0.1, -0.05) is 32.7 Å². The summed E-state index contributed by atoms with van der Waals surface area (Å²) in [6.07, 6.45) is 0. The normalized spacial score (nSPS) is 11.6. The van der Waals surface area contributed by atoms with Crippen molar-refractivity contribution < 1.29 is 17.7 Å². The van der Waals surface area contributed by atoms with E-state index in [9.17, 15) is 8.42 Å². The van der Waals surface area contributed by atoms with Gasteiger partial charge in [0.25, 0.3) is 14.9 Å². The molecule has 0 atom stereocenters. The van der Waals surface area contributed by atoms with Gasteiger partial charge in [-0.25, -0.2) is 8.42 Å². The van der Waals surface area contributed by atoms with Crippen LogP contribution < -0.4 is 4.74 Å². The number of halogens is 3. The summed E-state index contributed by atoms with van der Waals surface area (Å²) in [4.78, 5) is 3.69. The third-order valence-corrected chi connectivity index (χ3v) is 4.21. The largest absolute Gasteiger partial charge is 0.481 e.